The molecule has 1 fully saturated rings. The van der Waals surface area contributed by atoms with Crippen molar-refractivity contribution in [3.05, 3.63) is 22.7 Å². The van der Waals surface area contributed by atoms with Crippen LogP contribution in [-0.4, -0.2) is 19.3 Å². The molecule has 0 bridgehead atoms. The number of hydrogen-bond donors (Lipinski definition) is 1. The van der Waals surface area contributed by atoms with E-state index in [9.17, 15) is 0 Å². The van der Waals surface area contributed by atoms with Gasteiger partial charge in [0.25, 0.3) is 0 Å². The molecule has 1 aromatic rings. The van der Waals surface area contributed by atoms with E-state index < -0.39 is 0 Å². The number of hydrogen-bond acceptors (Lipinski definition) is 3. The summed E-state index contributed by atoms with van der Waals surface area (Å²) in [7, 11) is 1.66. The molecule has 0 aliphatic heterocycles. The molecular weight excluding hydrogens is 309 g/mol. The van der Waals surface area contributed by atoms with Crippen molar-refractivity contribution in [1.29, 1.82) is 0 Å². The number of halogens is 2. The molecule has 0 saturated heterocycles. The summed E-state index contributed by atoms with van der Waals surface area (Å²) in [5.41, 5.74) is 1.06. The molecule has 1 N–H and O–H groups in total. The zero-order valence-electron chi connectivity index (χ0n) is 12.9. The second-order valence-electron chi connectivity index (χ2n) is 5.62. The third kappa shape index (κ3) is 5.24. The van der Waals surface area contributed by atoms with E-state index in [1.807, 2.05) is 26.0 Å². The molecule has 120 valence electrons. The topological polar surface area (TPSA) is 30.5 Å². The highest BCUT2D eigenvalue weighted by atomic mass is 35.5. The summed E-state index contributed by atoms with van der Waals surface area (Å²) >= 11 is 6.35. The van der Waals surface area contributed by atoms with Crippen LogP contribution in [0.5, 0.6) is 11.5 Å². The van der Waals surface area contributed by atoms with Gasteiger partial charge >= 0.3 is 0 Å². The molecule has 3 nitrogen and oxygen atoms in total. The van der Waals surface area contributed by atoms with Crippen molar-refractivity contribution in [2.75, 3.05) is 7.11 Å². The maximum Gasteiger partial charge on any atom is 0.163 e. The maximum atomic E-state index is 6.35. The van der Waals surface area contributed by atoms with Gasteiger partial charge in [-0.1, -0.05) is 24.4 Å². The molecule has 0 radical (unpaired) electrons. The Kier molecular flexibility index (Phi) is 7.64. The highest BCUT2D eigenvalue weighted by molar-refractivity contribution is 6.31. The van der Waals surface area contributed by atoms with E-state index >= 15 is 0 Å². The first kappa shape index (κ1) is 18.4. The standard InChI is InChI=1S/C16H24ClNO2.ClH/c1-11(2)20-16-9-14(17)12(8-15(16)19-3)10-18-13-6-4-5-7-13;/h8-9,11,13,18H,4-7,10H2,1-3H3;1H. The molecule has 1 aliphatic rings. The van der Waals surface area contributed by atoms with Crippen LogP contribution >= 0.6 is 24.0 Å². The molecule has 0 unspecified atom stereocenters. The first-order valence-corrected chi connectivity index (χ1v) is 7.74. The lowest BCUT2D eigenvalue weighted by Gasteiger charge is -2.17. The van der Waals surface area contributed by atoms with E-state index in [1.165, 1.54) is 25.7 Å². The Hall–Kier alpha value is -0.640. The summed E-state index contributed by atoms with van der Waals surface area (Å²) in [4.78, 5) is 0. The number of ether oxygens (including phenoxy) is 2. The Morgan fingerprint density at radius 2 is 1.90 bits per heavy atom. The van der Waals surface area contributed by atoms with Crippen molar-refractivity contribution in [3.8, 4) is 11.5 Å². The van der Waals surface area contributed by atoms with E-state index in [0.29, 0.717) is 11.8 Å². The zero-order valence-corrected chi connectivity index (χ0v) is 14.5. The lowest BCUT2D eigenvalue weighted by atomic mass is 10.1. The summed E-state index contributed by atoms with van der Waals surface area (Å²) in [5.74, 6) is 1.45. The molecule has 5 heteroatoms. The largest absolute Gasteiger partial charge is 0.493 e. The minimum atomic E-state index is 0. The number of methoxy groups -OCH3 is 1. The fraction of sp³-hybridized carbons (Fsp3) is 0.625. The van der Waals surface area contributed by atoms with Gasteiger partial charge in [0.15, 0.2) is 11.5 Å². The highest BCUT2D eigenvalue weighted by Gasteiger charge is 2.16. The highest BCUT2D eigenvalue weighted by Crippen LogP contribution is 2.34. The van der Waals surface area contributed by atoms with Crippen LogP contribution in [0.15, 0.2) is 12.1 Å². The van der Waals surface area contributed by atoms with E-state index in [-0.39, 0.29) is 18.5 Å². The van der Waals surface area contributed by atoms with Crippen LogP contribution in [0.1, 0.15) is 45.1 Å². The summed E-state index contributed by atoms with van der Waals surface area (Å²) < 4.78 is 11.1. The molecule has 1 aliphatic carbocycles. The van der Waals surface area contributed by atoms with Crippen LogP contribution in [-0.2, 0) is 6.54 Å². The Labute approximate surface area is 138 Å². The van der Waals surface area contributed by atoms with Crippen LogP contribution in [0.25, 0.3) is 0 Å². The van der Waals surface area contributed by atoms with Gasteiger partial charge in [0, 0.05) is 23.7 Å². The molecule has 1 saturated carbocycles. The third-order valence-corrected chi connectivity index (χ3v) is 3.98. The summed E-state index contributed by atoms with van der Waals surface area (Å²) in [6, 6.07) is 4.46. The molecule has 0 heterocycles. The first-order valence-electron chi connectivity index (χ1n) is 7.36. The molecular formula is C16H25Cl2NO2. The van der Waals surface area contributed by atoms with E-state index in [4.69, 9.17) is 21.1 Å². The second kappa shape index (κ2) is 8.72. The van der Waals surface area contributed by atoms with E-state index in [1.54, 1.807) is 7.11 Å². The van der Waals surface area contributed by atoms with Gasteiger partial charge in [-0.3, -0.25) is 0 Å². The maximum absolute atomic E-state index is 6.35. The zero-order chi connectivity index (χ0) is 14.5. The monoisotopic (exact) mass is 333 g/mol. The van der Waals surface area contributed by atoms with Crippen LogP contribution in [0.3, 0.4) is 0 Å². The van der Waals surface area contributed by atoms with Gasteiger partial charge in [0.05, 0.1) is 13.2 Å². The third-order valence-electron chi connectivity index (χ3n) is 3.63. The van der Waals surface area contributed by atoms with Gasteiger partial charge in [-0.25, -0.2) is 0 Å². The Bertz CT molecular complexity index is 446. The smallest absolute Gasteiger partial charge is 0.163 e. The summed E-state index contributed by atoms with van der Waals surface area (Å²) in [5, 5.41) is 4.30. The predicted octanol–water partition coefficient (Wildman–Crippen LogP) is 4.59. The molecule has 0 atom stereocenters. The van der Waals surface area contributed by atoms with Crippen molar-refractivity contribution in [1.82, 2.24) is 5.32 Å². The number of rotatable bonds is 6. The fourth-order valence-corrected chi connectivity index (χ4v) is 2.82. The molecule has 0 amide bonds. The van der Waals surface area contributed by atoms with E-state index in [2.05, 4.69) is 5.32 Å². The second-order valence-corrected chi connectivity index (χ2v) is 6.03. The van der Waals surface area contributed by atoms with Crippen LogP contribution < -0.4 is 14.8 Å². The average Bonchev–Trinajstić information content (AvgIpc) is 2.90. The van der Waals surface area contributed by atoms with Crippen molar-refractivity contribution < 1.29 is 9.47 Å². The van der Waals surface area contributed by atoms with Gasteiger partial charge < -0.3 is 14.8 Å². The van der Waals surface area contributed by atoms with Gasteiger partial charge in [-0.2, -0.15) is 0 Å². The van der Waals surface area contributed by atoms with Crippen molar-refractivity contribution >= 4 is 24.0 Å². The Morgan fingerprint density at radius 1 is 1.24 bits per heavy atom. The van der Waals surface area contributed by atoms with Gasteiger partial charge in [0.2, 0.25) is 0 Å². The van der Waals surface area contributed by atoms with Crippen LogP contribution in [0.2, 0.25) is 5.02 Å². The van der Waals surface area contributed by atoms with Crippen molar-refractivity contribution in [2.45, 2.75) is 58.2 Å². The van der Waals surface area contributed by atoms with Gasteiger partial charge in [-0.15, -0.1) is 12.4 Å². The molecule has 2 rings (SSSR count). The summed E-state index contributed by atoms with van der Waals surface area (Å²) in [6.07, 6.45) is 5.29. The minimum absolute atomic E-state index is 0. The SMILES string of the molecule is COc1cc(CNC2CCCC2)c(Cl)cc1OC(C)C.Cl. The quantitative estimate of drug-likeness (QED) is 0.825. The van der Waals surface area contributed by atoms with Gasteiger partial charge in [0.1, 0.15) is 0 Å². The van der Waals surface area contributed by atoms with Crippen LogP contribution in [0.4, 0.5) is 0 Å². The summed E-state index contributed by atoms with van der Waals surface area (Å²) in [6.45, 7) is 4.76. The fourth-order valence-electron chi connectivity index (χ4n) is 2.60. The predicted molar refractivity (Wildman–Crippen MR) is 90.1 cm³/mol. The number of benzene rings is 1. The molecule has 0 aromatic heterocycles. The van der Waals surface area contributed by atoms with Gasteiger partial charge in [-0.05, 0) is 38.3 Å². The average molecular weight is 334 g/mol. The normalized spacial score (nSPS) is 15.1. The lowest BCUT2D eigenvalue weighted by molar-refractivity contribution is 0.230. The molecule has 0 spiro atoms. The van der Waals surface area contributed by atoms with Crippen LogP contribution in [0, 0.1) is 0 Å². The molecule has 21 heavy (non-hydrogen) atoms. The Balaban J connectivity index is 0.00000220. The van der Waals surface area contributed by atoms with E-state index in [0.717, 1.165) is 22.9 Å². The Morgan fingerprint density at radius 3 is 2.48 bits per heavy atom. The lowest BCUT2D eigenvalue weighted by Crippen LogP contribution is -2.25. The van der Waals surface area contributed by atoms with Crippen molar-refractivity contribution in [2.24, 2.45) is 0 Å². The molecule has 1 aromatic carbocycles. The van der Waals surface area contributed by atoms with Crippen molar-refractivity contribution in [3.63, 3.8) is 0 Å². The minimum Gasteiger partial charge on any atom is -0.493 e. The number of nitrogens with one attached hydrogen (secondary N) is 1. The first-order chi connectivity index (χ1) is 9.60.